The van der Waals surface area contributed by atoms with E-state index in [1.54, 1.807) is 12.1 Å². The summed E-state index contributed by atoms with van der Waals surface area (Å²) in [4.78, 5) is 1.39. The van der Waals surface area contributed by atoms with Crippen LogP contribution < -0.4 is 9.64 Å². The highest BCUT2D eigenvalue weighted by Gasteiger charge is 2.39. The van der Waals surface area contributed by atoms with E-state index in [2.05, 4.69) is 0 Å². The van der Waals surface area contributed by atoms with Gasteiger partial charge in [0.05, 0.1) is 39.0 Å². The van der Waals surface area contributed by atoms with Crippen molar-refractivity contribution in [1.82, 2.24) is 4.31 Å². The molecule has 1 aromatic rings. The van der Waals surface area contributed by atoms with Crippen LogP contribution in [0.4, 0.5) is 0 Å². The predicted octanol–water partition coefficient (Wildman–Crippen LogP) is -0.920. The molecule has 9 heteroatoms. The van der Waals surface area contributed by atoms with Gasteiger partial charge in [0.2, 0.25) is 10.0 Å². The van der Waals surface area contributed by atoms with Gasteiger partial charge in [-0.3, -0.25) is 0 Å². The van der Waals surface area contributed by atoms with Crippen LogP contribution in [0.5, 0.6) is 5.75 Å². The van der Waals surface area contributed by atoms with Crippen LogP contribution in [-0.2, 0) is 19.9 Å². The first-order valence-corrected chi connectivity index (χ1v) is 11.7. The average molecular weight is 390 g/mol. The third-order valence-electron chi connectivity index (χ3n) is 5.11. The minimum atomic E-state index is -3.62. The second-order valence-electron chi connectivity index (χ2n) is 6.82. The van der Waals surface area contributed by atoms with Crippen molar-refractivity contribution in [3.05, 3.63) is 23.8 Å². The van der Waals surface area contributed by atoms with Gasteiger partial charge in [-0.1, -0.05) is 6.07 Å². The van der Waals surface area contributed by atoms with Gasteiger partial charge in [0.25, 0.3) is 0 Å². The summed E-state index contributed by atoms with van der Waals surface area (Å²) in [5.74, 6) is 0.826. The molecule has 3 rings (SSSR count). The maximum Gasteiger partial charge on any atom is 0.247 e. The zero-order chi connectivity index (χ0) is 18.2. The van der Waals surface area contributed by atoms with Gasteiger partial charge >= 0.3 is 0 Å². The summed E-state index contributed by atoms with van der Waals surface area (Å²) in [6, 6.07) is 5.23. The molecule has 1 atom stereocenters. The van der Waals surface area contributed by atoms with Crippen LogP contribution in [0.3, 0.4) is 0 Å². The smallest absolute Gasteiger partial charge is 0.247 e. The minimum Gasteiger partial charge on any atom is -0.495 e. The molecule has 0 bridgehead atoms. The quantitative estimate of drug-likeness (QED) is 0.720. The maximum absolute atomic E-state index is 13.0. The fourth-order valence-electron chi connectivity index (χ4n) is 3.66. The van der Waals surface area contributed by atoms with Crippen LogP contribution >= 0.6 is 0 Å². The molecule has 2 aliphatic heterocycles. The van der Waals surface area contributed by atoms with Gasteiger partial charge in [-0.2, -0.15) is 4.31 Å². The molecule has 0 amide bonds. The van der Waals surface area contributed by atoms with E-state index in [4.69, 9.17) is 4.74 Å². The number of piperazine rings is 1. The van der Waals surface area contributed by atoms with Crippen molar-refractivity contribution >= 4 is 19.9 Å². The molecule has 0 radical (unpaired) electrons. The van der Waals surface area contributed by atoms with Crippen molar-refractivity contribution in [3.63, 3.8) is 0 Å². The molecule has 2 saturated heterocycles. The van der Waals surface area contributed by atoms with Gasteiger partial charge in [0.1, 0.15) is 22.4 Å². The van der Waals surface area contributed by atoms with E-state index in [9.17, 15) is 16.8 Å². The highest BCUT2D eigenvalue weighted by Crippen LogP contribution is 2.27. The molecule has 25 heavy (non-hydrogen) atoms. The molecule has 140 valence electrons. The topological polar surface area (TPSA) is 85.2 Å². The summed E-state index contributed by atoms with van der Waals surface area (Å²) in [5, 5.41) is 0. The second kappa shape index (κ2) is 6.86. The number of quaternary nitrogens is 1. The highest BCUT2D eigenvalue weighted by molar-refractivity contribution is 7.91. The van der Waals surface area contributed by atoms with Gasteiger partial charge in [-0.05, 0) is 24.6 Å². The number of ether oxygens (including phenoxy) is 1. The molecule has 0 aromatic heterocycles. The van der Waals surface area contributed by atoms with Crippen LogP contribution in [0.25, 0.3) is 0 Å². The van der Waals surface area contributed by atoms with E-state index >= 15 is 0 Å². The van der Waals surface area contributed by atoms with E-state index in [0.717, 1.165) is 5.56 Å². The molecule has 2 heterocycles. The summed E-state index contributed by atoms with van der Waals surface area (Å²) in [7, 11) is -5.07. The Morgan fingerprint density at radius 1 is 1.24 bits per heavy atom. The molecule has 1 aromatic carbocycles. The van der Waals surface area contributed by atoms with E-state index < -0.39 is 19.9 Å². The average Bonchev–Trinajstić information content (AvgIpc) is 2.95. The third kappa shape index (κ3) is 3.84. The Morgan fingerprint density at radius 3 is 2.48 bits per heavy atom. The lowest BCUT2D eigenvalue weighted by Gasteiger charge is -2.34. The summed E-state index contributed by atoms with van der Waals surface area (Å²) in [6.07, 6.45) is 0.677. The van der Waals surface area contributed by atoms with Gasteiger partial charge in [-0.25, -0.2) is 16.8 Å². The number of benzene rings is 1. The molecule has 1 N–H and O–H groups in total. The number of nitrogens with one attached hydrogen (secondary N) is 1. The van der Waals surface area contributed by atoms with Crippen LogP contribution in [0, 0.1) is 6.92 Å². The molecule has 0 unspecified atom stereocenters. The number of methoxy groups -OCH3 is 1. The standard InChI is InChI=1S/C16H24N2O5S2/c1-13-3-4-15(23-2)16(11-13)25(21,22)18-8-6-17(7-9-18)14-5-10-24(19,20)12-14/h3-4,11,14H,5-10,12H2,1-2H3/p+1/t14-/m1/s1. The molecule has 7 nitrogen and oxygen atoms in total. The molecule has 2 aliphatic rings. The zero-order valence-electron chi connectivity index (χ0n) is 14.6. The Labute approximate surface area is 149 Å². The Kier molecular flexibility index (Phi) is 5.11. The lowest BCUT2D eigenvalue weighted by molar-refractivity contribution is -0.925. The first-order valence-electron chi connectivity index (χ1n) is 8.43. The summed E-state index contributed by atoms with van der Waals surface area (Å²) < 4.78 is 56.0. The fourth-order valence-corrected chi connectivity index (χ4v) is 7.17. The van der Waals surface area contributed by atoms with Crippen molar-refractivity contribution in [3.8, 4) is 5.75 Å². The summed E-state index contributed by atoms with van der Waals surface area (Å²) in [6.45, 7) is 3.90. The highest BCUT2D eigenvalue weighted by atomic mass is 32.2. The van der Waals surface area contributed by atoms with E-state index in [1.165, 1.54) is 16.3 Å². The predicted molar refractivity (Wildman–Crippen MR) is 94.2 cm³/mol. The first-order chi connectivity index (χ1) is 11.7. The van der Waals surface area contributed by atoms with Crippen molar-refractivity contribution in [2.45, 2.75) is 24.3 Å². The van der Waals surface area contributed by atoms with Crippen molar-refractivity contribution < 1.29 is 26.5 Å². The molecule has 0 spiro atoms. The van der Waals surface area contributed by atoms with E-state index in [-0.39, 0.29) is 22.4 Å². The summed E-state index contributed by atoms with van der Waals surface area (Å²) in [5.41, 5.74) is 0.861. The lowest BCUT2D eigenvalue weighted by Crippen LogP contribution is -3.18. The number of hydrogen-bond donors (Lipinski definition) is 1. The molecule has 0 saturated carbocycles. The van der Waals surface area contributed by atoms with Gasteiger partial charge in [0, 0.05) is 6.42 Å². The Morgan fingerprint density at radius 2 is 1.92 bits per heavy atom. The number of rotatable bonds is 4. The van der Waals surface area contributed by atoms with Gasteiger partial charge < -0.3 is 9.64 Å². The van der Waals surface area contributed by atoms with Crippen LogP contribution in [-0.4, -0.2) is 72.0 Å². The number of nitrogens with zero attached hydrogens (tertiary/aromatic N) is 1. The first kappa shape index (κ1) is 18.6. The number of hydrogen-bond acceptors (Lipinski definition) is 5. The maximum atomic E-state index is 13.0. The van der Waals surface area contributed by atoms with E-state index in [1.807, 2.05) is 13.0 Å². The van der Waals surface area contributed by atoms with E-state index in [0.29, 0.717) is 38.3 Å². The fraction of sp³-hybridized carbons (Fsp3) is 0.625. The minimum absolute atomic E-state index is 0.100. The molecule has 0 aliphatic carbocycles. The normalized spacial score (nSPS) is 25.1. The number of aryl methyl sites for hydroxylation is 1. The molecule has 2 fully saturated rings. The summed E-state index contributed by atoms with van der Waals surface area (Å²) >= 11 is 0. The van der Waals surface area contributed by atoms with Crippen molar-refractivity contribution in [2.24, 2.45) is 0 Å². The zero-order valence-corrected chi connectivity index (χ0v) is 16.2. The van der Waals surface area contributed by atoms with Gasteiger partial charge in [-0.15, -0.1) is 0 Å². The van der Waals surface area contributed by atoms with Crippen LogP contribution in [0.1, 0.15) is 12.0 Å². The third-order valence-corrected chi connectivity index (χ3v) is 8.80. The Hall–Kier alpha value is -1.16. The number of sulfonamides is 1. The van der Waals surface area contributed by atoms with Crippen LogP contribution in [0.15, 0.2) is 23.1 Å². The second-order valence-corrected chi connectivity index (χ2v) is 11.0. The SMILES string of the molecule is COc1ccc(C)cc1S(=O)(=O)N1CC[NH+]([C@@H]2CCS(=O)(=O)C2)CC1. The Balaban J connectivity index is 1.73. The molecular formula is C16H25N2O5S2+. The van der Waals surface area contributed by atoms with Gasteiger partial charge in [0.15, 0.2) is 9.84 Å². The number of sulfone groups is 1. The molecular weight excluding hydrogens is 364 g/mol. The van der Waals surface area contributed by atoms with Crippen molar-refractivity contribution in [2.75, 3.05) is 44.8 Å². The lowest BCUT2D eigenvalue weighted by atomic mass is 10.2. The largest absolute Gasteiger partial charge is 0.495 e. The van der Waals surface area contributed by atoms with Crippen LogP contribution in [0.2, 0.25) is 0 Å². The monoisotopic (exact) mass is 389 g/mol. The van der Waals surface area contributed by atoms with Crippen molar-refractivity contribution in [1.29, 1.82) is 0 Å². The Bertz CT molecular complexity index is 843.